The number of rotatable bonds is 5. The average Bonchev–Trinajstić information content (AvgIpc) is 2.20. The van der Waals surface area contributed by atoms with Crippen LogP contribution in [0.1, 0.15) is 17.4 Å². The molecular formula is C13H22O2Si. The van der Waals surface area contributed by atoms with Crippen LogP contribution in [-0.4, -0.2) is 22.3 Å². The lowest BCUT2D eigenvalue weighted by molar-refractivity contribution is -0.106. The fourth-order valence-electron chi connectivity index (χ4n) is 1.85. The molecule has 16 heavy (non-hydrogen) atoms. The zero-order valence-electron chi connectivity index (χ0n) is 10.9. The molecule has 1 aromatic rings. The van der Waals surface area contributed by atoms with Gasteiger partial charge in [0.05, 0.1) is 0 Å². The zero-order chi connectivity index (χ0) is 12.2. The maximum absolute atomic E-state index is 5.33. The van der Waals surface area contributed by atoms with Gasteiger partial charge in [0.2, 0.25) is 0 Å². The summed E-state index contributed by atoms with van der Waals surface area (Å²) >= 11 is 0. The highest BCUT2D eigenvalue weighted by atomic mass is 28.3. The van der Waals surface area contributed by atoms with Crippen LogP contribution in [0.4, 0.5) is 0 Å². The first-order chi connectivity index (χ1) is 7.48. The second-order valence-corrected chi connectivity index (χ2v) is 10.7. The van der Waals surface area contributed by atoms with Crippen molar-refractivity contribution in [1.29, 1.82) is 0 Å². The van der Waals surface area contributed by atoms with Crippen molar-refractivity contribution in [1.82, 2.24) is 0 Å². The van der Waals surface area contributed by atoms with Crippen LogP contribution < -0.4 is 0 Å². The summed E-state index contributed by atoms with van der Waals surface area (Å²) in [7, 11) is 2.25. The molecule has 1 rings (SSSR count). The minimum absolute atomic E-state index is 0.243. The fraction of sp³-hybridized carbons (Fsp3) is 0.538. The van der Waals surface area contributed by atoms with Crippen molar-refractivity contribution in [2.75, 3.05) is 14.2 Å². The molecule has 0 atom stereocenters. The Labute approximate surface area is 99.6 Å². The lowest BCUT2D eigenvalue weighted by atomic mass is 10.1. The zero-order valence-corrected chi connectivity index (χ0v) is 11.9. The van der Waals surface area contributed by atoms with Gasteiger partial charge in [-0.05, 0) is 11.6 Å². The molecule has 0 aliphatic rings. The Bertz CT molecular complexity index is 327. The molecule has 0 spiro atoms. The third kappa shape index (κ3) is 3.74. The smallest absolute Gasteiger partial charge is 0.183 e. The summed E-state index contributed by atoms with van der Waals surface area (Å²) in [5, 5.41) is 0. The predicted molar refractivity (Wildman–Crippen MR) is 70.3 cm³/mol. The molecule has 0 amide bonds. The van der Waals surface area contributed by atoms with Crippen LogP contribution in [-0.2, 0) is 15.5 Å². The minimum Gasteiger partial charge on any atom is -0.352 e. The van der Waals surface area contributed by atoms with E-state index in [0.717, 1.165) is 11.6 Å². The molecule has 0 heterocycles. The van der Waals surface area contributed by atoms with Crippen LogP contribution in [0.15, 0.2) is 24.3 Å². The highest BCUT2D eigenvalue weighted by Gasteiger charge is 2.19. The first kappa shape index (κ1) is 13.4. The molecule has 0 saturated carbocycles. The molecule has 0 unspecified atom stereocenters. The minimum atomic E-state index is -1.11. The van der Waals surface area contributed by atoms with E-state index in [4.69, 9.17) is 9.47 Å². The average molecular weight is 238 g/mol. The monoisotopic (exact) mass is 238 g/mol. The molecule has 3 heteroatoms. The van der Waals surface area contributed by atoms with Gasteiger partial charge in [0.1, 0.15) is 0 Å². The van der Waals surface area contributed by atoms with Gasteiger partial charge in [0.25, 0.3) is 0 Å². The van der Waals surface area contributed by atoms with Gasteiger partial charge in [-0.2, -0.15) is 0 Å². The summed E-state index contributed by atoms with van der Waals surface area (Å²) in [6.45, 7) is 7.12. The van der Waals surface area contributed by atoms with Gasteiger partial charge < -0.3 is 9.47 Å². The molecule has 0 fully saturated rings. The Kier molecular flexibility index (Phi) is 4.71. The Morgan fingerprint density at radius 1 is 1.06 bits per heavy atom. The Hall–Kier alpha value is -0.643. The number of hydrogen-bond donors (Lipinski definition) is 0. The SMILES string of the molecule is COC(OC)c1ccccc1C[Si](C)(C)C. The third-order valence-corrected chi connectivity index (χ3v) is 3.90. The summed E-state index contributed by atoms with van der Waals surface area (Å²) in [5.74, 6) is 0. The second kappa shape index (κ2) is 5.62. The van der Waals surface area contributed by atoms with E-state index in [1.807, 2.05) is 6.07 Å². The maximum atomic E-state index is 5.33. The molecular weight excluding hydrogens is 216 g/mol. The van der Waals surface area contributed by atoms with Crippen molar-refractivity contribution in [3.05, 3.63) is 35.4 Å². The van der Waals surface area contributed by atoms with Crippen LogP contribution >= 0.6 is 0 Å². The Morgan fingerprint density at radius 2 is 1.62 bits per heavy atom. The van der Waals surface area contributed by atoms with Crippen LogP contribution in [0.5, 0.6) is 0 Å². The van der Waals surface area contributed by atoms with Crippen LogP contribution in [0, 0.1) is 0 Å². The number of methoxy groups -OCH3 is 2. The second-order valence-electron chi connectivity index (χ2n) is 5.24. The summed E-state index contributed by atoms with van der Waals surface area (Å²) in [4.78, 5) is 0. The fourth-order valence-corrected chi connectivity index (χ4v) is 3.31. The van der Waals surface area contributed by atoms with E-state index >= 15 is 0 Å². The van der Waals surface area contributed by atoms with E-state index < -0.39 is 8.07 Å². The lowest BCUT2D eigenvalue weighted by Crippen LogP contribution is -2.25. The molecule has 0 aliphatic carbocycles. The van der Waals surface area contributed by atoms with Gasteiger partial charge in [-0.1, -0.05) is 43.9 Å². The van der Waals surface area contributed by atoms with Gasteiger partial charge >= 0.3 is 0 Å². The van der Waals surface area contributed by atoms with E-state index in [1.54, 1.807) is 14.2 Å². The number of benzene rings is 1. The van der Waals surface area contributed by atoms with Crippen LogP contribution in [0.2, 0.25) is 19.6 Å². The molecule has 0 bridgehead atoms. The van der Waals surface area contributed by atoms with E-state index in [2.05, 4.69) is 37.8 Å². The molecule has 0 aliphatic heterocycles. The van der Waals surface area contributed by atoms with Gasteiger partial charge in [-0.25, -0.2) is 0 Å². The number of ether oxygens (including phenoxy) is 2. The van der Waals surface area contributed by atoms with Crippen molar-refractivity contribution in [3.8, 4) is 0 Å². The topological polar surface area (TPSA) is 18.5 Å². The summed E-state index contributed by atoms with van der Waals surface area (Å²) in [5.41, 5.74) is 2.52. The van der Waals surface area contributed by atoms with E-state index in [1.165, 1.54) is 5.56 Å². The standard InChI is InChI=1S/C13H22O2Si/c1-14-13(15-2)12-9-7-6-8-11(12)10-16(3,4)5/h6-9,13H,10H2,1-5H3. The van der Waals surface area contributed by atoms with E-state index in [9.17, 15) is 0 Å². The van der Waals surface area contributed by atoms with Crippen molar-refractivity contribution >= 4 is 8.07 Å². The first-order valence-corrected chi connectivity index (χ1v) is 9.32. The highest BCUT2D eigenvalue weighted by molar-refractivity contribution is 6.75. The highest BCUT2D eigenvalue weighted by Crippen LogP contribution is 2.24. The normalized spacial score (nSPS) is 12.1. The lowest BCUT2D eigenvalue weighted by Gasteiger charge is -2.22. The molecule has 0 N–H and O–H groups in total. The largest absolute Gasteiger partial charge is 0.352 e. The van der Waals surface area contributed by atoms with Gasteiger partial charge in [-0.3, -0.25) is 0 Å². The van der Waals surface area contributed by atoms with E-state index in [-0.39, 0.29) is 6.29 Å². The van der Waals surface area contributed by atoms with Crippen molar-refractivity contribution in [2.45, 2.75) is 32.0 Å². The van der Waals surface area contributed by atoms with Crippen LogP contribution in [0.3, 0.4) is 0 Å². The van der Waals surface area contributed by atoms with E-state index in [0.29, 0.717) is 0 Å². The third-order valence-electron chi connectivity index (χ3n) is 2.46. The summed E-state index contributed by atoms with van der Waals surface area (Å²) in [6, 6.07) is 9.55. The van der Waals surface area contributed by atoms with Gasteiger partial charge in [-0.15, -0.1) is 0 Å². The molecule has 1 aromatic carbocycles. The first-order valence-electron chi connectivity index (χ1n) is 5.61. The maximum Gasteiger partial charge on any atom is 0.183 e. The quantitative estimate of drug-likeness (QED) is 0.578. The molecule has 2 nitrogen and oxygen atoms in total. The number of hydrogen-bond acceptors (Lipinski definition) is 2. The van der Waals surface area contributed by atoms with Gasteiger partial charge in [0.15, 0.2) is 6.29 Å². The molecule has 0 saturated heterocycles. The van der Waals surface area contributed by atoms with Crippen molar-refractivity contribution in [2.24, 2.45) is 0 Å². The summed E-state index contributed by atoms with van der Waals surface area (Å²) in [6.07, 6.45) is -0.243. The van der Waals surface area contributed by atoms with Crippen molar-refractivity contribution < 1.29 is 9.47 Å². The Balaban J connectivity index is 3.00. The molecule has 0 radical (unpaired) electrons. The molecule has 90 valence electrons. The summed E-state index contributed by atoms with van der Waals surface area (Å²) < 4.78 is 10.7. The van der Waals surface area contributed by atoms with Gasteiger partial charge in [0, 0.05) is 27.9 Å². The predicted octanol–water partition coefficient (Wildman–Crippen LogP) is 3.40. The van der Waals surface area contributed by atoms with Crippen molar-refractivity contribution in [3.63, 3.8) is 0 Å². The molecule has 0 aromatic heterocycles. The Morgan fingerprint density at radius 3 is 2.12 bits per heavy atom. The van der Waals surface area contributed by atoms with Crippen LogP contribution in [0.25, 0.3) is 0 Å².